The van der Waals surface area contributed by atoms with Gasteiger partial charge in [-0.3, -0.25) is 4.79 Å². The number of hydrogen-bond donors (Lipinski definition) is 1. The van der Waals surface area contributed by atoms with Gasteiger partial charge in [0.15, 0.2) is 0 Å². The average molecular weight is 334 g/mol. The second kappa shape index (κ2) is 9.98. The number of rotatable bonds is 9. The molecule has 0 bridgehead atoms. The van der Waals surface area contributed by atoms with Crippen molar-refractivity contribution in [1.82, 2.24) is 0 Å². The zero-order chi connectivity index (χ0) is 17.2. The molecule has 0 aliphatic carbocycles. The van der Waals surface area contributed by atoms with E-state index >= 15 is 0 Å². The number of benzene rings is 1. The summed E-state index contributed by atoms with van der Waals surface area (Å²) in [5.74, 6) is 1.63. The minimum absolute atomic E-state index is 0.0370. The number of esters is 1. The SMILES string of the molecule is C=CCOc1ccc(OCC[NH+]2CCC[C@H](C(=O)OCC)C2)cc1. The van der Waals surface area contributed by atoms with Crippen molar-refractivity contribution < 1.29 is 23.9 Å². The van der Waals surface area contributed by atoms with Crippen molar-refractivity contribution in [3.8, 4) is 11.5 Å². The fraction of sp³-hybridized carbons (Fsp3) is 0.526. The molecular formula is C19H28NO4+. The number of piperidine rings is 1. The first-order chi connectivity index (χ1) is 11.7. The number of carbonyl (C=O) groups is 1. The molecule has 1 aliphatic heterocycles. The van der Waals surface area contributed by atoms with Gasteiger partial charge in [-0.1, -0.05) is 12.7 Å². The van der Waals surface area contributed by atoms with Crippen molar-refractivity contribution in [2.75, 3.05) is 39.5 Å². The van der Waals surface area contributed by atoms with E-state index in [2.05, 4.69) is 6.58 Å². The van der Waals surface area contributed by atoms with Crippen LogP contribution in [0.1, 0.15) is 19.8 Å². The van der Waals surface area contributed by atoms with Crippen LogP contribution in [0, 0.1) is 5.92 Å². The molecule has 1 aromatic carbocycles. The largest absolute Gasteiger partial charge is 0.490 e. The van der Waals surface area contributed by atoms with Crippen molar-refractivity contribution in [2.24, 2.45) is 5.92 Å². The Kier molecular flexibility index (Phi) is 7.62. The van der Waals surface area contributed by atoms with Crippen LogP contribution in [0.5, 0.6) is 11.5 Å². The Balaban J connectivity index is 1.71. The predicted octanol–water partition coefficient (Wildman–Crippen LogP) is 1.49. The van der Waals surface area contributed by atoms with Crippen molar-refractivity contribution >= 4 is 5.97 Å². The molecule has 0 amide bonds. The van der Waals surface area contributed by atoms with Crippen molar-refractivity contribution in [2.45, 2.75) is 19.8 Å². The lowest BCUT2D eigenvalue weighted by atomic mass is 9.98. The van der Waals surface area contributed by atoms with Gasteiger partial charge in [-0.25, -0.2) is 0 Å². The molecule has 132 valence electrons. The van der Waals surface area contributed by atoms with E-state index in [0.29, 0.717) is 19.8 Å². The van der Waals surface area contributed by atoms with Crippen LogP contribution in [-0.2, 0) is 9.53 Å². The minimum atomic E-state index is -0.0502. The van der Waals surface area contributed by atoms with Gasteiger partial charge in [0, 0.05) is 0 Å². The molecule has 0 radical (unpaired) electrons. The number of hydrogen-bond acceptors (Lipinski definition) is 4. The quantitative estimate of drug-likeness (QED) is 0.549. The maximum Gasteiger partial charge on any atom is 0.314 e. The van der Waals surface area contributed by atoms with Crippen LogP contribution in [0.4, 0.5) is 0 Å². The molecule has 1 fully saturated rings. The summed E-state index contributed by atoms with van der Waals surface area (Å²) in [5, 5.41) is 0. The maximum absolute atomic E-state index is 11.9. The Bertz CT molecular complexity index is 515. The van der Waals surface area contributed by atoms with Gasteiger partial charge in [0.1, 0.15) is 37.2 Å². The molecule has 1 heterocycles. The topological polar surface area (TPSA) is 49.2 Å². The Morgan fingerprint density at radius 2 is 2.00 bits per heavy atom. The molecule has 1 saturated heterocycles. The maximum atomic E-state index is 11.9. The minimum Gasteiger partial charge on any atom is -0.490 e. The molecule has 1 unspecified atom stereocenters. The first-order valence-corrected chi connectivity index (χ1v) is 8.69. The van der Waals surface area contributed by atoms with Crippen LogP contribution in [0.15, 0.2) is 36.9 Å². The van der Waals surface area contributed by atoms with Gasteiger partial charge in [-0.05, 0) is 44.0 Å². The fourth-order valence-corrected chi connectivity index (χ4v) is 2.94. The Labute approximate surface area is 144 Å². The number of likely N-dealkylation sites (tertiary alicyclic amines) is 1. The highest BCUT2D eigenvalue weighted by atomic mass is 16.5. The van der Waals surface area contributed by atoms with Crippen molar-refractivity contribution in [3.05, 3.63) is 36.9 Å². The molecule has 5 heteroatoms. The van der Waals surface area contributed by atoms with E-state index in [4.69, 9.17) is 14.2 Å². The second-order valence-electron chi connectivity index (χ2n) is 5.96. The molecule has 2 atom stereocenters. The van der Waals surface area contributed by atoms with Crippen LogP contribution in [0.2, 0.25) is 0 Å². The molecule has 5 nitrogen and oxygen atoms in total. The third kappa shape index (κ3) is 5.89. The summed E-state index contributed by atoms with van der Waals surface area (Å²) in [7, 11) is 0. The third-order valence-corrected chi connectivity index (χ3v) is 4.15. The molecule has 1 aliphatic rings. The van der Waals surface area contributed by atoms with E-state index in [-0.39, 0.29) is 11.9 Å². The lowest BCUT2D eigenvalue weighted by Gasteiger charge is -2.28. The summed E-state index contributed by atoms with van der Waals surface area (Å²) >= 11 is 0. The summed E-state index contributed by atoms with van der Waals surface area (Å²) in [6.45, 7) is 9.90. The summed E-state index contributed by atoms with van der Waals surface area (Å²) < 4.78 is 16.4. The molecule has 0 aromatic heterocycles. The van der Waals surface area contributed by atoms with E-state index in [1.165, 1.54) is 4.90 Å². The number of quaternary nitrogens is 1. The van der Waals surface area contributed by atoms with Crippen molar-refractivity contribution in [3.63, 3.8) is 0 Å². The van der Waals surface area contributed by atoms with E-state index < -0.39 is 0 Å². The van der Waals surface area contributed by atoms with E-state index in [0.717, 1.165) is 44.0 Å². The average Bonchev–Trinajstić information content (AvgIpc) is 2.61. The number of carbonyl (C=O) groups excluding carboxylic acids is 1. The highest BCUT2D eigenvalue weighted by Gasteiger charge is 2.29. The summed E-state index contributed by atoms with van der Waals surface area (Å²) in [6.07, 6.45) is 3.72. The standard InChI is InChI=1S/C19H27NO4/c1-3-13-23-17-7-9-18(10-8-17)24-14-12-20-11-5-6-16(15-20)19(21)22-4-2/h3,7-10,16H,1,4-6,11-15H2,2H3/p+1/t16-/m0/s1. The van der Waals surface area contributed by atoms with Gasteiger partial charge in [0.25, 0.3) is 0 Å². The fourth-order valence-electron chi connectivity index (χ4n) is 2.94. The second-order valence-corrected chi connectivity index (χ2v) is 5.96. The molecule has 2 rings (SSSR count). The monoisotopic (exact) mass is 334 g/mol. The lowest BCUT2D eigenvalue weighted by molar-refractivity contribution is -0.907. The van der Waals surface area contributed by atoms with Gasteiger partial charge < -0.3 is 19.1 Å². The van der Waals surface area contributed by atoms with E-state index in [9.17, 15) is 4.79 Å². The van der Waals surface area contributed by atoms with Crippen LogP contribution >= 0.6 is 0 Å². The zero-order valence-electron chi connectivity index (χ0n) is 14.5. The van der Waals surface area contributed by atoms with Crippen molar-refractivity contribution in [1.29, 1.82) is 0 Å². The van der Waals surface area contributed by atoms with Gasteiger partial charge in [-0.15, -0.1) is 0 Å². The van der Waals surface area contributed by atoms with Crippen LogP contribution in [0.3, 0.4) is 0 Å². The lowest BCUT2D eigenvalue weighted by Crippen LogP contribution is -3.14. The molecule has 24 heavy (non-hydrogen) atoms. The Morgan fingerprint density at radius 3 is 2.67 bits per heavy atom. The Hall–Kier alpha value is -2.01. The zero-order valence-corrected chi connectivity index (χ0v) is 14.5. The first kappa shape index (κ1) is 18.3. The highest BCUT2D eigenvalue weighted by molar-refractivity contribution is 5.72. The molecule has 0 spiro atoms. The van der Waals surface area contributed by atoms with Gasteiger partial charge >= 0.3 is 5.97 Å². The van der Waals surface area contributed by atoms with E-state index in [1.54, 1.807) is 6.08 Å². The number of nitrogens with one attached hydrogen (secondary N) is 1. The highest BCUT2D eigenvalue weighted by Crippen LogP contribution is 2.17. The van der Waals surface area contributed by atoms with Crippen LogP contribution < -0.4 is 14.4 Å². The Morgan fingerprint density at radius 1 is 1.29 bits per heavy atom. The summed E-state index contributed by atoms with van der Waals surface area (Å²) in [4.78, 5) is 13.3. The van der Waals surface area contributed by atoms with Gasteiger partial charge in [0.2, 0.25) is 0 Å². The smallest absolute Gasteiger partial charge is 0.314 e. The van der Waals surface area contributed by atoms with Crippen LogP contribution in [-0.4, -0.2) is 45.4 Å². The van der Waals surface area contributed by atoms with Gasteiger partial charge in [0.05, 0.1) is 19.7 Å². The predicted molar refractivity (Wildman–Crippen MR) is 92.5 cm³/mol. The summed E-state index contributed by atoms with van der Waals surface area (Å²) in [5.41, 5.74) is 0. The first-order valence-electron chi connectivity index (χ1n) is 8.69. The molecule has 1 aromatic rings. The van der Waals surface area contributed by atoms with Crippen LogP contribution in [0.25, 0.3) is 0 Å². The molecule has 1 N–H and O–H groups in total. The van der Waals surface area contributed by atoms with Gasteiger partial charge in [-0.2, -0.15) is 0 Å². The molecule has 0 saturated carbocycles. The molecular weight excluding hydrogens is 306 g/mol. The normalized spacial score (nSPS) is 20.2. The number of ether oxygens (including phenoxy) is 3. The summed E-state index contributed by atoms with van der Waals surface area (Å²) in [6, 6.07) is 7.60. The van der Waals surface area contributed by atoms with E-state index in [1.807, 2.05) is 31.2 Å². The third-order valence-electron chi connectivity index (χ3n) is 4.15.